The zero-order valence-electron chi connectivity index (χ0n) is 13.1. The van der Waals surface area contributed by atoms with E-state index in [1.165, 1.54) is 4.90 Å². The van der Waals surface area contributed by atoms with Crippen LogP contribution in [0, 0.1) is 5.92 Å². The first kappa shape index (κ1) is 17.0. The predicted octanol–water partition coefficient (Wildman–Crippen LogP) is 3.06. The van der Waals surface area contributed by atoms with Crippen LogP contribution < -0.4 is 4.90 Å². The first-order valence-corrected chi connectivity index (χ1v) is 7.18. The summed E-state index contributed by atoms with van der Waals surface area (Å²) in [5, 5.41) is 9.08. The van der Waals surface area contributed by atoms with E-state index in [4.69, 9.17) is 5.11 Å². The standard InChI is InChI=1S/C16H24N2O3/c1-12(2)10-17(13(3)4)16(21)18(11-15(19)20)14-8-6-5-7-9-14/h5-9,12-13H,10-11H2,1-4H3,(H,19,20). The minimum Gasteiger partial charge on any atom is -0.480 e. The maximum atomic E-state index is 12.7. The number of hydrogen-bond donors (Lipinski definition) is 1. The summed E-state index contributed by atoms with van der Waals surface area (Å²) in [6.07, 6.45) is 0. The lowest BCUT2D eigenvalue weighted by Gasteiger charge is -2.33. The number of para-hydroxylation sites is 1. The molecule has 0 saturated heterocycles. The fourth-order valence-corrected chi connectivity index (χ4v) is 2.07. The molecular weight excluding hydrogens is 268 g/mol. The lowest BCUT2D eigenvalue weighted by Crippen LogP contribution is -2.49. The highest BCUT2D eigenvalue weighted by Crippen LogP contribution is 2.17. The van der Waals surface area contributed by atoms with Crippen LogP contribution in [0.1, 0.15) is 27.7 Å². The topological polar surface area (TPSA) is 60.9 Å². The first-order chi connectivity index (χ1) is 9.82. The predicted molar refractivity (Wildman–Crippen MR) is 83.5 cm³/mol. The third-order valence-corrected chi connectivity index (χ3v) is 3.02. The van der Waals surface area contributed by atoms with Crippen molar-refractivity contribution in [1.82, 2.24) is 4.90 Å². The zero-order chi connectivity index (χ0) is 16.0. The molecule has 5 heteroatoms. The van der Waals surface area contributed by atoms with E-state index in [2.05, 4.69) is 0 Å². The highest BCUT2D eigenvalue weighted by Gasteiger charge is 2.26. The lowest BCUT2D eigenvalue weighted by atomic mass is 10.2. The quantitative estimate of drug-likeness (QED) is 0.876. The van der Waals surface area contributed by atoms with Crippen molar-refractivity contribution >= 4 is 17.7 Å². The van der Waals surface area contributed by atoms with E-state index in [0.29, 0.717) is 18.2 Å². The third-order valence-electron chi connectivity index (χ3n) is 3.02. The molecule has 1 aromatic carbocycles. The molecule has 0 atom stereocenters. The molecule has 0 aliphatic heterocycles. The number of nitrogens with zero attached hydrogens (tertiary/aromatic N) is 2. The van der Waals surface area contributed by atoms with Gasteiger partial charge in [0.2, 0.25) is 0 Å². The molecule has 21 heavy (non-hydrogen) atoms. The van der Waals surface area contributed by atoms with Crippen LogP contribution in [0.3, 0.4) is 0 Å². The van der Waals surface area contributed by atoms with Gasteiger partial charge < -0.3 is 10.0 Å². The minimum atomic E-state index is -1.03. The Hall–Kier alpha value is -2.04. The van der Waals surface area contributed by atoms with Crippen LogP contribution in [0.2, 0.25) is 0 Å². The molecular formula is C16H24N2O3. The summed E-state index contributed by atoms with van der Waals surface area (Å²) >= 11 is 0. The summed E-state index contributed by atoms with van der Waals surface area (Å²) in [5.74, 6) is -0.709. The molecule has 2 amide bonds. The number of carboxylic acid groups (broad SMARTS) is 1. The second-order valence-corrected chi connectivity index (χ2v) is 5.74. The molecule has 1 N–H and O–H groups in total. The number of aliphatic carboxylic acids is 1. The normalized spacial score (nSPS) is 10.8. The molecule has 0 bridgehead atoms. The van der Waals surface area contributed by atoms with Crippen LogP contribution in [0.4, 0.5) is 10.5 Å². The van der Waals surface area contributed by atoms with Crippen LogP contribution in [0.25, 0.3) is 0 Å². The van der Waals surface area contributed by atoms with Crippen LogP contribution in [-0.4, -0.2) is 41.1 Å². The summed E-state index contributed by atoms with van der Waals surface area (Å²) in [5.41, 5.74) is 0.597. The first-order valence-electron chi connectivity index (χ1n) is 7.18. The molecule has 0 aliphatic carbocycles. The van der Waals surface area contributed by atoms with Crippen LogP contribution >= 0.6 is 0 Å². The average molecular weight is 292 g/mol. The Labute approximate surface area is 126 Å². The Morgan fingerprint density at radius 1 is 1.10 bits per heavy atom. The molecule has 0 aliphatic rings. The van der Waals surface area contributed by atoms with Gasteiger partial charge in [-0.15, -0.1) is 0 Å². The molecule has 5 nitrogen and oxygen atoms in total. The Bertz CT molecular complexity index is 472. The Morgan fingerprint density at radius 3 is 2.10 bits per heavy atom. The van der Waals surface area contributed by atoms with E-state index in [1.54, 1.807) is 29.2 Å². The molecule has 0 spiro atoms. The van der Waals surface area contributed by atoms with E-state index in [0.717, 1.165) is 0 Å². The summed E-state index contributed by atoms with van der Waals surface area (Å²) in [6.45, 7) is 8.19. The number of anilines is 1. The Balaban J connectivity index is 3.06. The highest BCUT2D eigenvalue weighted by molar-refractivity contribution is 5.96. The largest absolute Gasteiger partial charge is 0.480 e. The number of amides is 2. The number of carboxylic acids is 1. The number of rotatable bonds is 6. The maximum absolute atomic E-state index is 12.7. The van der Waals surface area contributed by atoms with Crippen molar-refractivity contribution < 1.29 is 14.7 Å². The average Bonchev–Trinajstić information content (AvgIpc) is 2.41. The van der Waals surface area contributed by atoms with Crippen molar-refractivity contribution in [2.75, 3.05) is 18.0 Å². The van der Waals surface area contributed by atoms with Crippen molar-refractivity contribution in [3.63, 3.8) is 0 Å². The van der Waals surface area contributed by atoms with E-state index in [-0.39, 0.29) is 18.6 Å². The number of carbonyl (C=O) groups excluding carboxylic acids is 1. The molecule has 1 aromatic rings. The summed E-state index contributed by atoms with van der Waals surface area (Å²) < 4.78 is 0. The van der Waals surface area contributed by atoms with Gasteiger partial charge in [0.05, 0.1) is 0 Å². The van der Waals surface area contributed by atoms with Gasteiger partial charge in [-0.1, -0.05) is 32.0 Å². The summed E-state index contributed by atoms with van der Waals surface area (Å²) in [7, 11) is 0. The second-order valence-electron chi connectivity index (χ2n) is 5.74. The van der Waals surface area contributed by atoms with E-state index in [9.17, 15) is 9.59 Å². The molecule has 0 aromatic heterocycles. The van der Waals surface area contributed by atoms with E-state index in [1.807, 2.05) is 33.8 Å². The van der Waals surface area contributed by atoms with Crippen molar-refractivity contribution in [1.29, 1.82) is 0 Å². The van der Waals surface area contributed by atoms with Gasteiger partial charge in [0.25, 0.3) is 0 Å². The van der Waals surface area contributed by atoms with Crippen LogP contribution in [-0.2, 0) is 4.79 Å². The van der Waals surface area contributed by atoms with E-state index >= 15 is 0 Å². The Kier molecular flexibility index (Phi) is 6.21. The maximum Gasteiger partial charge on any atom is 0.325 e. The van der Waals surface area contributed by atoms with Gasteiger partial charge in [-0.05, 0) is 31.9 Å². The van der Waals surface area contributed by atoms with Crippen LogP contribution in [0.5, 0.6) is 0 Å². The van der Waals surface area contributed by atoms with Gasteiger partial charge in [-0.3, -0.25) is 9.69 Å². The summed E-state index contributed by atoms with van der Waals surface area (Å²) in [6, 6.07) is 8.65. The lowest BCUT2D eigenvalue weighted by molar-refractivity contribution is -0.135. The van der Waals surface area contributed by atoms with Crippen molar-refractivity contribution in [2.24, 2.45) is 5.92 Å². The second kappa shape index (κ2) is 7.67. The highest BCUT2D eigenvalue weighted by atomic mass is 16.4. The van der Waals surface area contributed by atoms with Gasteiger partial charge >= 0.3 is 12.0 Å². The van der Waals surface area contributed by atoms with Crippen molar-refractivity contribution in [3.05, 3.63) is 30.3 Å². The van der Waals surface area contributed by atoms with Crippen molar-refractivity contribution in [3.8, 4) is 0 Å². The number of benzene rings is 1. The van der Waals surface area contributed by atoms with Gasteiger partial charge in [-0.25, -0.2) is 4.79 Å². The SMILES string of the molecule is CC(C)CN(C(=O)N(CC(=O)O)c1ccccc1)C(C)C. The smallest absolute Gasteiger partial charge is 0.325 e. The third kappa shape index (κ3) is 5.10. The van der Waals surface area contributed by atoms with Crippen LogP contribution in [0.15, 0.2) is 30.3 Å². The molecule has 116 valence electrons. The number of urea groups is 1. The molecule has 0 radical (unpaired) electrons. The van der Waals surface area contributed by atoms with Gasteiger partial charge in [0.1, 0.15) is 6.54 Å². The monoisotopic (exact) mass is 292 g/mol. The summed E-state index contributed by atoms with van der Waals surface area (Å²) in [4.78, 5) is 26.9. The zero-order valence-corrected chi connectivity index (χ0v) is 13.1. The van der Waals surface area contributed by atoms with Gasteiger partial charge in [0, 0.05) is 18.3 Å². The fraction of sp³-hybridized carbons (Fsp3) is 0.500. The van der Waals surface area contributed by atoms with E-state index < -0.39 is 5.97 Å². The number of hydrogen-bond acceptors (Lipinski definition) is 2. The van der Waals surface area contributed by atoms with Gasteiger partial charge in [-0.2, -0.15) is 0 Å². The Morgan fingerprint density at radius 2 is 1.67 bits per heavy atom. The molecule has 0 unspecified atom stereocenters. The molecule has 1 rings (SSSR count). The molecule has 0 saturated carbocycles. The molecule has 0 fully saturated rings. The fourth-order valence-electron chi connectivity index (χ4n) is 2.07. The number of carbonyl (C=O) groups is 2. The molecule has 0 heterocycles. The van der Waals surface area contributed by atoms with Crippen molar-refractivity contribution in [2.45, 2.75) is 33.7 Å². The minimum absolute atomic E-state index is 0.0138. The van der Waals surface area contributed by atoms with Gasteiger partial charge in [0.15, 0.2) is 0 Å².